The maximum absolute atomic E-state index is 11.9. The van der Waals surface area contributed by atoms with E-state index < -0.39 is 0 Å². The molecule has 4 heteroatoms. The summed E-state index contributed by atoms with van der Waals surface area (Å²) < 4.78 is 0. The summed E-state index contributed by atoms with van der Waals surface area (Å²) in [6.07, 6.45) is 0. The summed E-state index contributed by atoms with van der Waals surface area (Å²) in [7, 11) is 0. The molecule has 1 atom stereocenters. The summed E-state index contributed by atoms with van der Waals surface area (Å²) in [5, 5.41) is 12.6. The number of amides is 1. The fourth-order valence-corrected chi connectivity index (χ4v) is 1.59. The summed E-state index contributed by atoms with van der Waals surface area (Å²) in [5.41, 5.74) is 2.16. The highest BCUT2D eigenvalue weighted by atomic mass is 79.9. The Morgan fingerprint density at radius 2 is 1.94 bits per heavy atom. The highest BCUT2D eigenvalue weighted by molar-refractivity contribution is 9.10. The average molecular weight is 300 g/mol. The van der Waals surface area contributed by atoms with Crippen molar-refractivity contribution in [3.05, 3.63) is 23.3 Å². The quantitative estimate of drug-likeness (QED) is 0.841. The van der Waals surface area contributed by atoms with Gasteiger partial charge in [0.2, 0.25) is 5.91 Å². The van der Waals surface area contributed by atoms with E-state index in [2.05, 4.69) is 21.2 Å². The number of alkyl halides is 1. The van der Waals surface area contributed by atoms with Gasteiger partial charge >= 0.3 is 0 Å². The van der Waals surface area contributed by atoms with Gasteiger partial charge < -0.3 is 10.4 Å². The first-order chi connectivity index (χ1) is 7.84. The number of nitrogens with one attached hydrogen (secondary N) is 1. The number of carbonyl (C=O) groups excluding carboxylic acids is 1. The lowest BCUT2D eigenvalue weighted by molar-refractivity contribution is -0.116. The molecule has 0 fully saturated rings. The van der Waals surface area contributed by atoms with Gasteiger partial charge in [-0.2, -0.15) is 0 Å². The van der Waals surface area contributed by atoms with Crippen molar-refractivity contribution < 1.29 is 9.90 Å². The van der Waals surface area contributed by atoms with Crippen molar-refractivity contribution >= 4 is 27.5 Å². The summed E-state index contributed by atoms with van der Waals surface area (Å²) >= 11 is 3.35. The molecular formula is C13H18BrNO2. The molecule has 0 aliphatic carbocycles. The number of hydrogen-bond acceptors (Lipinski definition) is 2. The second-order valence-corrected chi connectivity index (χ2v) is 5.53. The standard InChI is InChI=1S/C13H18BrNO2/c1-7(2)11(14)13(17)15-10-6-5-8(3)12(16)9(10)4/h5-7,11,16H,1-4H3,(H,15,17). The van der Waals surface area contributed by atoms with Gasteiger partial charge in [0.05, 0.1) is 4.83 Å². The first-order valence-electron chi connectivity index (χ1n) is 5.58. The number of phenolic OH excluding ortho intramolecular Hbond substituents is 1. The van der Waals surface area contributed by atoms with Gasteiger partial charge in [0.1, 0.15) is 5.75 Å². The monoisotopic (exact) mass is 299 g/mol. The Kier molecular flexibility index (Phi) is 4.57. The van der Waals surface area contributed by atoms with Crippen LogP contribution in [0.4, 0.5) is 5.69 Å². The van der Waals surface area contributed by atoms with Gasteiger partial charge in [-0.1, -0.05) is 35.8 Å². The van der Waals surface area contributed by atoms with E-state index in [1.807, 2.05) is 26.8 Å². The molecule has 0 aliphatic rings. The molecule has 3 nitrogen and oxygen atoms in total. The number of phenols is 1. The van der Waals surface area contributed by atoms with Crippen LogP contribution in [-0.4, -0.2) is 15.8 Å². The normalized spacial score (nSPS) is 12.6. The zero-order valence-electron chi connectivity index (χ0n) is 10.5. The number of benzene rings is 1. The fourth-order valence-electron chi connectivity index (χ4n) is 1.48. The Morgan fingerprint density at radius 3 is 2.47 bits per heavy atom. The molecule has 0 aliphatic heterocycles. The third-order valence-corrected chi connectivity index (χ3v) is 4.20. The summed E-state index contributed by atoms with van der Waals surface area (Å²) in [4.78, 5) is 11.6. The van der Waals surface area contributed by atoms with Crippen LogP contribution in [0.5, 0.6) is 5.75 Å². The largest absolute Gasteiger partial charge is 0.507 e. The Balaban J connectivity index is 2.90. The topological polar surface area (TPSA) is 49.3 Å². The van der Waals surface area contributed by atoms with Crippen molar-refractivity contribution in [2.45, 2.75) is 32.5 Å². The first-order valence-corrected chi connectivity index (χ1v) is 6.50. The number of aromatic hydroxyl groups is 1. The zero-order chi connectivity index (χ0) is 13.2. The van der Waals surface area contributed by atoms with Crippen molar-refractivity contribution in [3.63, 3.8) is 0 Å². The number of halogens is 1. The van der Waals surface area contributed by atoms with Crippen molar-refractivity contribution in [3.8, 4) is 5.75 Å². The Bertz CT molecular complexity index is 430. The van der Waals surface area contributed by atoms with E-state index in [4.69, 9.17) is 0 Å². The molecule has 0 saturated heterocycles. The van der Waals surface area contributed by atoms with Crippen molar-refractivity contribution in [2.75, 3.05) is 5.32 Å². The predicted molar refractivity (Wildman–Crippen MR) is 73.8 cm³/mol. The van der Waals surface area contributed by atoms with Crippen molar-refractivity contribution in [1.29, 1.82) is 0 Å². The first kappa shape index (κ1) is 14.0. The molecule has 0 spiro atoms. The van der Waals surface area contributed by atoms with Crippen molar-refractivity contribution in [2.24, 2.45) is 5.92 Å². The van der Waals surface area contributed by atoms with E-state index in [0.717, 1.165) is 5.56 Å². The van der Waals surface area contributed by atoms with Crippen LogP contribution in [0.3, 0.4) is 0 Å². The molecule has 1 rings (SSSR count). The predicted octanol–water partition coefficient (Wildman–Crippen LogP) is 3.37. The van der Waals surface area contributed by atoms with Gasteiger partial charge in [-0.15, -0.1) is 0 Å². The smallest absolute Gasteiger partial charge is 0.238 e. The zero-order valence-corrected chi connectivity index (χ0v) is 12.1. The van der Waals surface area contributed by atoms with Crippen LogP contribution in [0.25, 0.3) is 0 Å². The molecule has 94 valence electrons. The fraction of sp³-hybridized carbons (Fsp3) is 0.462. The minimum atomic E-state index is -0.231. The summed E-state index contributed by atoms with van der Waals surface area (Å²) in [5.74, 6) is 0.360. The second-order valence-electron chi connectivity index (χ2n) is 4.54. The van der Waals surface area contributed by atoms with Gasteiger partial charge in [-0.05, 0) is 31.4 Å². The Hall–Kier alpha value is -1.03. The third kappa shape index (κ3) is 3.22. The van der Waals surface area contributed by atoms with Crippen molar-refractivity contribution in [1.82, 2.24) is 0 Å². The van der Waals surface area contributed by atoms with Gasteiger partial charge in [-0.3, -0.25) is 4.79 Å². The molecule has 17 heavy (non-hydrogen) atoms. The maximum Gasteiger partial charge on any atom is 0.238 e. The van der Waals surface area contributed by atoms with E-state index in [0.29, 0.717) is 11.3 Å². The lowest BCUT2D eigenvalue weighted by Crippen LogP contribution is -2.27. The van der Waals surface area contributed by atoms with Crippen LogP contribution >= 0.6 is 15.9 Å². The van der Waals surface area contributed by atoms with E-state index in [1.54, 1.807) is 13.0 Å². The average Bonchev–Trinajstić information content (AvgIpc) is 2.28. The molecule has 1 amide bonds. The summed E-state index contributed by atoms with van der Waals surface area (Å²) in [6.45, 7) is 7.56. The molecule has 1 aromatic carbocycles. The maximum atomic E-state index is 11.9. The van der Waals surface area contributed by atoms with Crippen LogP contribution in [0.2, 0.25) is 0 Å². The van der Waals surface area contributed by atoms with E-state index in [-0.39, 0.29) is 22.4 Å². The number of hydrogen-bond donors (Lipinski definition) is 2. The molecule has 0 heterocycles. The lowest BCUT2D eigenvalue weighted by Gasteiger charge is -2.16. The van der Waals surface area contributed by atoms with Gasteiger partial charge in [0.15, 0.2) is 0 Å². The van der Waals surface area contributed by atoms with E-state index in [9.17, 15) is 9.90 Å². The molecule has 0 bridgehead atoms. The number of aryl methyl sites for hydroxylation is 1. The van der Waals surface area contributed by atoms with Gasteiger partial charge in [0.25, 0.3) is 0 Å². The molecule has 1 unspecified atom stereocenters. The van der Waals surface area contributed by atoms with Crippen LogP contribution in [0, 0.1) is 19.8 Å². The minimum absolute atomic E-state index is 0.0913. The van der Waals surface area contributed by atoms with Crippen LogP contribution in [0.15, 0.2) is 12.1 Å². The summed E-state index contributed by atoms with van der Waals surface area (Å²) in [6, 6.07) is 3.60. The number of rotatable bonds is 3. The van der Waals surface area contributed by atoms with Gasteiger partial charge in [-0.25, -0.2) is 0 Å². The Morgan fingerprint density at radius 1 is 1.35 bits per heavy atom. The third-order valence-electron chi connectivity index (χ3n) is 2.73. The second kappa shape index (κ2) is 5.54. The van der Waals surface area contributed by atoms with E-state index in [1.165, 1.54) is 0 Å². The van der Waals surface area contributed by atoms with Gasteiger partial charge in [0, 0.05) is 11.3 Å². The minimum Gasteiger partial charge on any atom is -0.507 e. The van der Waals surface area contributed by atoms with Crippen LogP contribution in [-0.2, 0) is 4.79 Å². The number of carbonyl (C=O) groups is 1. The molecule has 0 aromatic heterocycles. The molecule has 0 radical (unpaired) electrons. The molecule has 1 aromatic rings. The molecular weight excluding hydrogens is 282 g/mol. The molecule has 2 N–H and O–H groups in total. The van der Waals surface area contributed by atoms with E-state index >= 15 is 0 Å². The number of anilines is 1. The highest BCUT2D eigenvalue weighted by Gasteiger charge is 2.19. The van der Waals surface area contributed by atoms with Crippen LogP contribution < -0.4 is 5.32 Å². The highest BCUT2D eigenvalue weighted by Crippen LogP contribution is 2.28. The SMILES string of the molecule is Cc1ccc(NC(=O)C(Br)C(C)C)c(C)c1O. The Labute approximate surface area is 110 Å². The molecule has 0 saturated carbocycles. The van der Waals surface area contributed by atoms with Crippen LogP contribution in [0.1, 0.15) is 25.0 Å². The lowest BCUT2D eigenvalue weighted by atomic mass is 10.1.